The summed E-state index contributed by atoms with van der Waals surface area (Å²) in [6.07, 6.45) is 0.660. The highest BCUT2D eigenvalue weighted by molar-refractivity contribution is 9.10. The SMILES string of the molecule is CCc1nc(N)c(C)c(-c2cccc(Br)c2F)n1. The molecule has 1 heterocycles. The lowest BCUT2D eigenvalue weighted by Gasteiger charge is -2.10. The highest BCUT2D eigenvalue weighted by Crippen LogP contribution is 2.30. The molecule has 0 atom stereocenters. The van der Waals surface area contributed by atoms with Crippen molar-refractivity contribution >= 4 is 21.7 Å². The van der Waals surface area contributed by atoms with Crippen LogP contribution in [0.25, 0.3) is 11.3 Å². The number of anilines is 1. The lowest BCUT2D eigenvalue weighted by atomic mass is 10.1. The molecule has 0 spiro atoms. The van der Waals surface area contributed by atoms with Gasteiger partial charge in [0.05, 0.1) is 10.2 Å². The van der Waals surface area contributed by atoms with E-state index in [0.717, 1.165) is 0 Å². The van der Waals surface area contributed by atoms with E-state index in [0.29, 0.717) is 39.4 Å². The summed E-state index contributed by atoms with van der Waals surface area (Å²) >= 11 is 3.17. The number of rotatable bonds is 2. The number of hydrogen-bond donors (Lipinski definition) is 1. The Morgan fingerprint density at radius 2 is 2.06 bits per heavy atom. The van der Waals surface area contributed by atoms with Gasteiger partial charge in [0.1, 0.15) is 17.5 Å². The summed E-state index contributed by atoms with van der Waals surface area (Å²) in [7, 11) is 0. The Balaban J connectivity index is 2.70. The van der Waals surface area contributed by atoms with Crippen molar-refractivity contribution in [2.24, 2.45) is 0 Å². The zero-order chi connectivity index (χ0) is 13.3. The zero-order valence-corrected chi connectivity index (χ0v) is 11.8. The van der Waals surface area contributed by atoms with Gasteiger partial charge in [-0.25, -0.2) is 14.4 Å². The van der Waals surface area contributed by atoms with Gasteiger partial charge in [0.15, 0.2) is 0 Å². The van der Waals surface area contributed by atoms with Crippen LogP contribution in [0.5, 0.6) is 0 Å². The molecule has 0 amide bonds. The topological polar surface area (TPSA) is 51.8 Å². The van der Waals surface area contributed by atoms with Crippen LogP contribution in [0.15, 0.2) is 22.7 Å². The average Bonchev–Trinajstić information content (AvgIpc) is 2.36. The minimum Gasteiger partial charge on any atom is -0.383 e. The second kappa shape index (κ2) is 5.02. The average molecular weight is 310 g/mol. The second-order valence-electron chi connectivity index (χ2n) is 3.95. The van der Waals surface area contributed by atoms with Crippen molar-refractivity contribution in [3.63, 3.8) is 0 Å². The third-order valence-electron chi connectivity index (χ3n) is 2.75. The Kier molecular flexibility index (Phi) is 3.61. The van der Waals surface area contributed by atoms with Gasteiger partial charge in [-0.05, 0) is 35.0 Å². The third kappa shape index (κ3) is 2.22. The Labute approximate surface area is 113 Å². The summed E-state index contributed by atoms with van der Waals surface area (Å²) in [5.41, 5.74) is 7.53. The number of halogens is 2. The maximum Gasteiger partial charge on any atom is 0.146 e. The first kappa shape index (κ1) is 13.0. The first-order valence-electron chi connectivity index (χ1n) is 5.62. The summed E-state index contributed by atoms with van der Waals surface area (Å²) < 4.78 is 14.5. The van der Waals surface area contributed by atoms with Crippen LogP contribution in [0.2, 0.25) is 0 Å². The van der Waals surface area contributed by atoms with Gasteiger partial charge >= 0.3 is 0 Å². The molecule has 0 aliphatic heterocycles. The fourth-order valence-electron chi connectivity index (χ4n) is 1.69. The fourth-order valence-corrected chi connectivity index (χ4v) is 2.06. The molecule has 0 aliphatic rings. The van der Waals surface area contributed by atoms with Crippen molar-refractivity contribution in [1.29, 1.82) is 0 Å². The number of nitrogen functional groups attached to an aromatic ring is 1. The van der Waals surface area contributed by atoms with Gasteiger partial charge < -0.3 is 5.73 Å². The number of nitrogens with two attached hydrogens (primary N) is 1. The standard InChI is InChI=1S/C13H13BrFN3/c1-3-10-17-12(7(2)13(16)18-10)8-5-4-6-9(14)11(8)15/h4-6H,3H2,1-2H3,(H2,16,17,18). The van der Waals surface area contributed by atoms with E-state index < -0.39 is 0 Å². The minimum atomic E-state index is -0.333. The highest BCUT2D eigenvalue weighted by Gasteiger charge is 2.15. The summed E-state index contributed by atoms with van der Waals surface area (Å²) in [6, 6.07) is 5.11. The first-order valence-corrected chi connectivity index (χ1v) is 6.41. The minimum absolute atomic E-state index is 0.333. The van der Waals surface area contributed by atoms with Crippen LogP contribution >= 0.6 is 15.9 Å². The predicted octanol–water partition coefficient (Wildman–Crippen LogP) is 3.50. The Morgan fingerprint density at radius 1 is 1.33 bits per heavy atom. The van der Waals surface area contributed by atoms with Crippen molar-refractivity contribution in [2.75, 3.05) is 5.73 Å². The zero-order valence-electron chi connectivity index (χ0n) is 10.2. The Hall–Kier alpha value is -1.49. The van der Waals surface area contributed by atoms with Gasteiger partial charge in [-0.15, -0.1) is 0 Å². The van der Waals surface area contributed by atoms with E-state index in [4.69, 9.17) is 5.73 Å². The van der Waals surface area contributed by atoms with Crippen molar-refractivity contribution in [3.05, 3.63) is 39.9 Å². The van der Waals surface area contributed by atoms with E-state index in [-0.39, 0.29) is 5.82 Å². The molecular formula is C13H13BrFN3. The van der Waals surface area contributed by atoms with Crippen LogP contribution < -0.4 is 5.73 Å². The molecule has 0 fully saturated rings. The molecule has 2 rings (SSSR count). The fraction of sp³-hybridized carbons (Fsp3) is 0.231. The summed E-state index contributed by atoms with van der Waals surface area (Å²) in [5.74, 6) is 0.685. The van der Waals surface area contributed by atoms with Gasteiger partial charge in [0.25, 0.3) is 0 Å². The summed E-state index contributed by atoms with van der Waals surface area (Å²) in [6.45, 7) is 3.73. The quantitative estimate of drug-likeness (QED) is 0.923. The molecule has 3 nitrogen and oxygen atoms in total. The van der Waals surface area contributed by atoms with Crippen LogP contribution in [0.1, 0.15) is 18.3 Å². The summed E-state index contributed by atoms with van der Waals surface area (Å²) in [5, 5.41) is 0. The number of aromatic nitrogens is 2. The maximum absolute atomic E-state index is 14.1. The van der Waals surface area contributed by atoms with E-state index in [1.54, 1.807) is 25.1 Å². The molecule has 94 valence electrons. The van der Waals surface area contributed by atoms with E-state index in [9.17, 15) is 4.39 Å². The molecule has 1 aromatic carbocycles. The molecule has 0 unspecified atom stereocenters. The number of hydrogen-bond acceptors (Lipinski definition) is 3. The van der Waals surface area contributed by atoms with Gasteiger partial charge in [0.2, 0.25) is 0 Å². The second-order valence-corrected chi connectivity index (χ2v) is 4.81. The lowest BCUT2D eigenvalue weighted by molar-refractivity contribution is 0.623. The first-order chi connectivity index (χ1) is 8.54. The van der Waals surface area contributed by atoms with E-state index in [2.05, 4.69) is 25.9 Å². The van der Waals surface area contributed by atoms with Crippen molar-refractivity contribution in [2.45, 2.75) is 20.3 Å². The van der Waals surface area contributed by atoms with Crippen LogP contribution in [-0.2, 0) is 6.42 Å². The van der Waals surface area contributed by atoms with Crippen LogP contribution in [0.3, 0.4) is 0 Å². The molecule has 1 aromatic heterocycles. The summed E-state index contributed by atoms with van der Waals surface area (Å²) in [4.78, 5) is 8.53. The third-order valence-corrected chi connectivity index (χ3v) is 3.37. The lowest BCUT2D eigenvalue weighted by Crippen LogP contribution is -2.05. The molecule has 2 N–H and O–H groups in total. The van der Waals surface area contributed by atoms with Crippen LogP contribution in [-0.4, -0.2) is 9.97 Å². The Bertz CT molecular complexity index is 599. The molecule has 0 saturated carbocycles. The molecule has 5 heteroatoms. The highest BCUT2D eigenvalue weighted by atomic mass is 79.9. The number of benzene rings is 1. The predicted molar refractivity (Wildman–Crippen MR) is 73.7 cm³/mol. The Morgan fingerprint density at radius 3 is 2.72 bits per heavy atom. The monoisotopic (exact) mass is 309 g/mol. The number of aryl methyl sites for hydroxylation is 1. The maximum atomic E-state index is 14.1. The van der Waals surface area contributed by atoms with Crippen molar-refractivity contribution in [1.82, 2.24) is 9.97 Å². The molecule has 0 aliphatic carbocycles. The molecule has 2 aromatic rings. The van der Waals surface area contributed by atoms with Crippen molar-refractivity contribution < 1.29 is 4.39 Å². The molecule has 0 radical (unpaired) electrons. The van der Waals surface area contributed by atoms with Crippen LogP contribution in [0, 0.1) is 12.7 Å². The van der Waals surface area contributed by atoms with Gasteiger partial charge in [-0.3, -0.25) is 0 Å². The van der Waals surface area contributed by atoms with Gasteiger partial charge in [0, 0.05) is 17.5 Å². The molecular weight excluding hydrogens is 297 g/mol. The normalized spacial score (nSPS) is 10.7. The van der Waals surface area contributed by atoms with E-state index in [1.807, 2.05) is 6.92 Å². The van der Waals surface area contributed by atoms with E-state index in [1.165, 1.54) is 0 Å². The number of nitrogens with zero attached hydrogens (tertiary/aromatic N) is 2. The van der Waals surface area contributed by atoms with E-state index >= 15 is 0 Å². The van der Waals surface area contributed by atoms with Crippen LogP contribution in [0.4, 0.5) is 10.2 Å². The largest absolute Gasteiger partial charge is 0.383 e. The smallest absolute Gasteiger partial charge is 0.146 e. The van der Waals surface area contributed by atoms with Gasteiger partial charge in [-0.2, -0.15) is 0 Å². The van der Waals surface area contributed by atoms with Crippen molar-refractivity contribution in [3.8, 4) is 11.3 Å². The molecule has 0 saturated heterocycles. The van der Waals surface area contributed by atoms with Gasteiger partial charge in [-0.1, -0.05) is 13.0 Å². The molecule has 18 heavy (non-hydrogen) atoms. The molecule has 0 bridgehead atoms.